The predicted molar refractivity (Wildman–Crippen MR) is 96.3 cm³/mol. The van der Waals surface area contributed by atoms with Gasteiger partial charge in [-0.1, -0.05) is 13.0 Å². The first kappa shape index (κ1) is 17.0. The van der Waals surface area contributed by atoms with Crippen LogP contribution in [0.25, 0.3) is 0 Å². The minimum atomic E-state index is -0.134. The lowest BCUT2D eigenvalue weighted by atomic mass is 9.98. The second-order valence-electron chi connectivity index (χ2n) is 6.15. The van der Waals surface area contributed by atoms with Gasteiger partial charge in [0.25, 0.3) is 0 Å². The maximum absolute atomic E-state index is 12.8. The topological polar surface area (TPSA) is 90.1 Å². The first-order valence-corrected chi connectivity index (χ1v) is 8.63. The number of aromatic nitrogens is 2. The molecule has 1 aromatic heterocycles. The summed E-state index contributed by atoms with van der Waals surface area (Å²) < 4.78 is 0. The highest BCUT2D eigenvalue weighted by atomic mass is 16.2. The Morgan fingerprint density at radius 1 is 1.28 bits per heavy atom. The smallest absolute Gasteiger partial charge is 0.322 e. The van der Waals surface area contributed by atoms with Gasteiger partial charge in [0.2, 0.25) is 5.91 Å². The fourth-order valence-corrected chi connectivity index (χ4v) is 3.08. The number of carbonyl (C=O) groups excluding carboxylic acids is 2. The van der Waals surface area contributed by atoms with Crippen molar-refractivity contribution in [3.63, 3.8) is 0 Å². The molecule has 0 radical (unpaired) electrons. The van der Waals surface area contributed by atoms with E-state index in [4.69, 9.17) is 0 Å². The number of rotatable bonds is 4. The Balaban J connectivity index is 1.70. The fourth-order valence-electron chi connectivity index (χ4n) is 3.08. The number of nitrogens with zero attached hydrogens (tertiary/aromatic N) is 2. The van der Waals surface area contributed by atoms with E-state index in [0.717, 1.165) is 24.8 Å². The van der Waals surface area contributed by atoms with Gasteiger partial charge in [-0.3, -0.25) is 9.89 Å². The lowest BCUT2D eigenvalue weighted by molar-refractivity contribution is -0.115. The second kappa shape index (κ2) is 7.83. The van der Waals surface area contributed by atoms with Crippen LogP contribution in [0.2, 0.25) is 0 Å². The molecule has 3 rings (SSSR count). The Hall–Kier alpha value is -2.83. The van der Waals surface area contributed by atoms with Gasteiger partial charge in [0, 0.05) is 36.1 Å². The molecule has 7 heteroatoms. The summed E-state index contributed by atoms with van der Waals surface area (Å²) in [5.41, 5.74) is 2.36. The molecule has 7 nitrogen and oxygen atoms in total. The minimum Gasteiger partial charge on any atom is -0.326 e. The van der Waals surface area contributed by atoms with Crippen molar-refractivity contribution in [1.82, 2.24) is 15.1 Å². The molecule has 0 aliphatic carbocycles. The zero-order valence-electron chi connectivity index (χ0n) is 14.3. The quantitative estimate of drug-likeness (QED) is 0.795. The molecule has 1 saturated heterocycles. The molecule has 132 valence electrons. The van der Waals surface area contributed by atoms with E-state index >= 15 is 0 Å². The molecule has 2 heterocycles. The number of hydrogen-bond donors (Lipinski definition) is 3. The van der Waals surface area contributed by atoms with Crippen LogP contribution in [0.3, 0.4) is 0 Å². The summed E-state index contributed by atoms with van der Waals surface area (Å²) in [5.74, 6) is -0.0560. The molecule has 1 aliphatic rings. The largest absolute Gasteiger partial charge is 0.326 e. The average molecular weight is 341 g/mol. The van der Waals surface area contributed by atoms with Gasteiger partial charge >= 0.3 is 6.03 Å². The highest BCUT2D eigenvalue weighted by Crippen LogP contribution is 2.31. The van der Waals surface area contributed by atoms with Crippen LogP contribution in [-0.4, -0.2) is 33.6 Å². The molecule has 1 aromatic carbocycles. The Kier molecular flexibility index (Phi) is 5.33. The molecular formula is C18H23N5O2. The standard InChI is InChI=1S/C18H23N5O2/c1-2-17(24)21-14-6-5-7-15(10-14)22-18(25)23-9-4-3-8-16(23)13-11-19-20-12-13/h5-7,10-12,16H,2-4,8-9H2,1H3,(H,19,20)(H,21,24)(H,22,25). The molecule has 1 fully saturated rings. The number of anilines is 2. The van der Waals surface area contributed by atoms with Crippen molar-refractivity contribution in [2.75, 3.05) is 17.2 Å². The Labute approximate surface area is 146 Å². The molecular weight excluding hydrogens is 318 g/mol. The average Bonchev–Trinajstić information content (AvgIpc) is 3.16. The zero-order chi connectivity index (χ0) is 17.6. The van der Waals surface area contributed by atoms with Crippen LogP contribution in [0.1, 0.15) is 44.2 Å². The lowest BCUT2D eigenvalue weighted by Gasteiger charge is -2.35. The Morgan fingerprint density at radius 3 is 2.80 bits per heavy atom. The first-order chi connectivity index (χ1) is 12.2. The molecule has 0 saturated carbocycles. The maximum atomic E-state index is 12.8. The number of carbonyl (C=O) groups is 2. The van der Waals surface area contributed by atoms with Crippen LogP contribution in [0, 0.1) is 0 Å². The van der Waals surface area contributed by atoms with E-state index in [9.17, 15) is 9.59 Å². The van der Waals surface area contributed by atoms with Crippen molar-refractivity contribution in [1.29, 1.82) is 0 Å². The highest BCUT2D eigenvalue weighted by Gasteiger charge is 2.28. The normalized spacial score (nSPS) is 17.2. The van der Waals surface area contributed by atoms with Gasteiger partial charge < -0.3 is 15.5 Å². The van der Waals surface area contributed by atoms with Gasteiger partial charge in [-0.05, 0) is 37.5 Å². The first-order valence-electron chi connectivity index (χ1n) is 8.63. The van der Waals surface area contributed by atoms with E-state index in [-0.39, 0.29) is 18.0 Å². The molecule has 0 bridgehead atoms. The van der Waals surface area contributed by atoms with Gasteiger partial charge in [0.15, 0.2) is 0 Å². The van der Waals surface area contributed by atoms with Crippen molar-refractivity contribution in [2.45, 2.75) is 38.6 Å². The number of urea groups is 1. The van der Waals surface area contributed by atoms with Crippen molar-refractivity contribution >= 4 is 23.3 Å². The second-order valence-corrected chi connectivity index (χ2v) is 6.15. The van der Waals surface area contributed by atoms with Gasteiger partial charge in [0.1, 0.15) is 0 Å². The van der Waals surface area contributed by atoms with Crippen molar-refractivity contribution in [3.05, 3.63) is 42.2 Å². The summed E-state index contributed by atoms with van der Waals surface area (Å²) in [6.45, 7) is 2.52. The van der Waals surface area contributed by atoms with E-state index in [1.165, 1.54) is 0 Å². The SMILES string of the molecule is CCC(=O)Nc1cccc(NC(=O)N2CCCCC2c2cn[nH]c2)c1. The molecule has 0 spiro atoms. The monoisotopic (exact) mass is 341 g/mol. The van der Waals surface area contributed by atoms with E-state index in [2.05, 4.69) is 20.8 Å². The van der Waals surface area contributed by atoms with Gasteiger partial charge in [-0.15, -0.1) is 0 Å². The zero-order valence-corrected chi connectivity index (χ0v) is 14.3. The van der Waals surface area contributed by atoms with Gasteiger partial charge in [-0.25, -0.2) is 4.79 Å². The van der Waals surface area contributed by atoms with Crippen molar-refractivity contribution < 1.29 is 9.59 Å². The van der Waals surface area contributed by atoms with Crippen LogP contribution in [0.5, 0.6) is 0 Å². The molecule has 2 aromatic rings. The van der Waals surface area contributed by atoms with Crippen molar-refractivity contribution in [3.8, 4) is 0 Å². The predicted octanol–water partition coefficient (Wildman–Crippen LogP) is 3.52. The summed E-state index contributed by atoms with van der Waals surface area (Å²) in [6, 6.07) is 7.10. The number of piperidine rings is 1. The number of nitrogens with one attached hydrogen (secondary N) is 3. The molecule has 1 unspecified atom stereocenters. The number of H-pyrrole nitrogens is 1. The molecule has 25 heavy (non-hydrogen) atoms. The molecule has 3 amide bonds. The number of benzene rings is 1. The van der Waals surface area contributed by atoms with Crippen LogP contribution in [0.15, 0.2) is 36.7 Å². The van der Waals surface area contributed by atoms with Crippen LogP contribution in [-0.2, 0) is 4.79 Å². The highest BCUT2D eigenvalue weighted by molar-refractivity contribution is 5.93. The van der Waals surface area contributed by atoms with Crippen LogP contribution in [0.4, 0.5) is 16.2 Å². The maximum Gasteiger partial charge on any atom is 0.322 e. The third-order valence-corrected chi connectivity index (χ3v) is 4.39. The Morgan fingerprint density at radius 2 is 2.08 bits per heavy atom. The van der Waals surface area contributed by atoms with Gasteiger partial charge in [0.05, 0.1) is 12.2 Å². The molecule has 1 atom stereocenters. The summed E-state index contributed by atoms with van der Waals surface area (Å²) in [4.78, 5) is 26.1. The summed E-state index contributed by atoms with van der Waals surface area (Å²) >= 11 is 0. The number of amides is 3. The fraction of sp³-hybridized carbons (Fsp3) is 0.389. The minimum absolute atomic E-state index is 0.0375. The Bertz CT molecular complexity index is 729. The van der Waals surface area contributed by atoms with E-state index in [1.807, 2.05) is 23.2 Å². The molecule has 1 aliphatic heterocycles. The number of aromatic amines is 1. The summed E-state index contributed by atoms with van der Waals surface area (Å²) in [6.07, 6.45) is 7.05. The lowest BCUT2D eigenvalue weighted by Crippen LogP contribution is -2.41. The third-order valence-electron chi connectivity index (χ3n) is 4.39. The summed E-state index contributed by atoms with van der Waals surface area (Å²) in [5, 5.41) is 12.6. The van der Waals surface area contributed by atoms with E-state index in [0.29, 0.717) is 24.3 Å². The van der Waals surface area contributed by atoms with Crippen molar-refractivity contribution in [2.24, 2.45) is 0 Å². The van der Waals surface area contributed by atoms with Crippen LogP contribution >= 0.6 is 0 Å². The number of hydrogen-bond acceptors (Lipinski definition) is 3. The third kappa shape index (κ3) is 4.17. The van der Waals surface area contributed by atoms with E-state index < -0.39 is 0 Å². The molecule has 3 N–H and O–H groups in total. The van der Waals surface area contributed by atoms with E-state index in [1.54, 1.807) is 25.3 Å². The van der Waals surface area contributed by atoms with Crippen LogP contribution < -0.4 is 10.6 Å². The number of likely N-dealkylation sites (tertiary alicyclic amines) is 1. The summed E-state index contributed by atoms with van der Waals surface area (Å²) in [7, 11) is 0. The van der Waals surface area contributed by atoms with Gasteiger partial charge in [-0.2, -0.15) is 5.10 Å².